The molecule has 0 unspecified atom stereocenters. The minimum Gasteiger partial charge on any atom is -0.352 e. The summed E-state index contributed by atoms with van der Waals surface area (Å²) in [6.45, 7) is 4.44. The summed E-state index contributed by atoms with van der Waals surface area (Å²) in [6.07, 6.45) is 0.898. The molecular weight excluding hydrogens is 484 g/mol. The summed E-state index contributed by atoms with van der Waals surface area (Å²) in [5.74, 6) is -1.07. The Morgan fingerprint density at radius 3 is 2.32 bits per heavy atom. The predicted octanol–water partition coefficient (Wildman–Crippen LogP) is 2.96. The molecule has 2 amide bonds. The molecule has 2 rings (SSSR count). The Kier molecular flexibility index (Phi) is 9.00. The number of non-ortho nitro benzene ring substituents is 1. The second-order valence-electron chi connectivity index (χ2n) is 8.04. The monoisotopic (exact) mass is 510 g/mol. The number of amides is 2. The Morgan fingerprint density at radius 2 is 1.76 bits per heavy atom. The fraction of sp³-hybridized carbons (Fsp3) is 0.364. The van der Waals surface area contributed by atoms with Crippen LogP contribution in [0.3, 0.4) is 0 Å². The zero-order chi connectivity index (χ0) is 25.6. The lowest BCUT2D eigenvalue weighted by molar-refractivity contribution is -0.384. The van der Waals surface area contributed by atoms with Gasteiger partial charge in [-0.1, -0.05) is 29.8 Å². The van der Waals surface area contributed by atoms with Gasteiger partial charge in [-0.3, -0.25) is 24.0 Å². The number of nitrogens with one attached hydrogen (secondary N) is 1. The molecular formula is C22H27ClN4O6S. The summed E-state index contributed by atoms with van der Waals surface area (Å²) in [5, 5.41) is 14.3. The maximum atomic E-state index is 13.4. The molecule has 0 saturated carbocycles. The molecule has 0 spiro atoms. The van der Waals surface area contributed by atoms with Crippen LogP contribution in [-0.4, -0.2) is 54.9 Å². The number of carbonyl (C=O) groups is 2. The molecule has 0 heterocycles. The summed E-state index contributed by atoms with van der Waals surface area (Å²) in [5.41, 5.74) is 0.289. The molecule has 0 radical (unpaired) electrons. The van der Waals surface area contributed by atoms with E-state index in [1.54, 1.807) is 38.1 Å². The topological polar surface area (TPSA) is 130 Å². The third kappa shape index (κ3) is 7.42. The van der Waals surface area contributed by atoms with Crippen LogP contribution in [0.5, 0.6) is 0 Å². The molecule has 0 saturated heterocycles. The molecule has 0 aromatic heterocycles. The second-order valence-corrected chi connectivity index (χ2v) is 10.4. The van der Waals surface area contributed by atoms with E-state index in [-0.39, 0.29) is 24.0 Å². The van der Waals surface area contributed by atoms with Crippen LogP contribution in [-0.2, 0) is 26.2 Å². The summed E-state index contributed by atoms with van der Waals surface area (Å²) >= 11 is 6.06. The van der Waals surface area contributed by atoms with Crippen molar-refractivity contribution in [3.8, 4) is 0 Å². The van der Waals surface area contributed by atoms with Gasteiger partial charge < -0.3 is 10.2 Å². The van der Waals surface area contributed by atoms with E-state index < -0.39 is 39.3 Å². The van der Waals surface area contributed by atoms with Gasteiger partial charge in [0.05, 0.1) is 16.9 Å². The van der Waals surface area contributed by atoms with Gasteiger partial charge in [0.1, 0.15) is 12.6 Å². The van der Waals surface area contributed by atoms with Crippen LogP contribution in [0.2, 0.25) is 5.02 Å². The molecule has 2 aromatic carbocycles. The maximum absolute atomic E-state index is 13.4. The molecule has 12 heteroatoms. The second kappa shape index (κ2) is 11.3. The molecule has 0 aliphatic heterocycles. The van der Waals surface area contributed by atoms with Crippen molar-refractivity contribution < 1.29 is 22.9 Å². The van der Waals surface area contributed by atoms with Gasteiger partial charge in [0.25, 0.3) is 5.69 Å². The number of carbonyl (C=O) groups excluding carboxylic acids is 2. The van der Waals surface area contributed by atoms with Crippen LogP contribution in [0.25, 0.3) is 0 Å². The van der Waals surface area contributed by atoms with E-state index >= 15 is 0 Å². The van der Waals surface area contributed by atoms with Crippen molar-refractivity contribution in [1.29, 1.82) is 0 Å². The average Bonchev–Trinajstić information content (AvgIpc) is 2.74. The molecule has 1 N–H and O–H groups in total. The first-order valence-corrected chi connectivity index (χ1v) is 12.6. The normalized spacial score (nSPS) is 12.2. The number of nitrogens with zero attached hydrogens (tertiary/aromatic N) is 3. The number of hydrogen-bond donors (Lipinski definition) is 1. The van der Waals surface area contributed by atoms with E-state index in [4.69, 9.17) is 11.6 Å². The molecule has 0 bridgehead atoms. The van der Waals surface area contributed by atoms with E-state index in [1.165, 1.54) is 30.0 Å². The molecule has 0 aliphatic carbocycles. The Bertz CT molecular complexity index is 1170. The number of benzene rings is 2. The van der Waals surface area contributed by atoms with Gasteiger partial charge in [0, 0.05) is 29.7 Å². The summed E-state index contributed by atoms with van der Waals surface area (Å²) < 4.78 is 25.8. The average molecular weight is 511 g/mol. The van der Waals surface area contributed by atoms with Crippen LogP contribution >= 0.6 is 11.6 Å². The fourth-order valence-electron chi connectivity index (χ4n) is 3.20. The lowest BCUT2D eigenvalue weighted by Crippen LogP contribution is -2.52. The van der Waals surface area contributed by atoms with Crippen molar-refractivity contribution in [2.45, 2.75) is 39.4 Å². The zero-order valence-electron chi connectivity index (χ0n) is 19.3. The fourth-order valence-corrected chi connectivity index (χ4v) is 4.25. The minimum absolute atomic E-state index is 0.00137. The molecule has 10 nitrogen and oxygen atoms in total. The maximum Gasteiger partial charge on any atom is 0.271 e. The molecule has 184 valence electrons. The van der Waals surface area contributed by atoms with Gasteiger partial charge in [-0.25, -0.2) is 8.42 Å². The van der Waals surface area contributed by atoms with Gasteiger partial charge in [-0.05, 0) is 44.5 Å². The van der Waals surface area contributed by atoms with Crippen LogP contribution < -0.4 is 9.62 Å². The first-order valence-electron chi connectivity index (χ1n) is 10.4. The predicted molar refractivity (Wildman–Crippen MR) is 130 cm³/mol. The third-order valence-electron chi connectivity index (χ3n) is 4.85. The first-order chi connectivity index (χ1) is 15.8. The summed E-state index contributed by atoms with van der Waals surface area (Å²) in [7, 11) is -3.99. The highest BCUT2D eigenvalue weighted by Gasteiger charge is 2.30. The van der Waals surface area contributed by atoms with E-state index in [0.717, 1.165) is 16.6 Å². The first kappa shape index (κ1) is 27.1. The van der Waals surface area contributed by atoms with Crippen molar-refractivity contribution in [2.24, 2.45) is 0 Å². The van der Waals surface area contributed by atoms with Crippen molar-refractivity contribution in [3.63, 3.8) is 0 Å². The molecule has 1 atom stereocenters. The minimum atomic E-state index is -3.99. The van der Waals surface area contributed by atoms with Crippen LogP contribution in [0.1, 0.15) is 26.3 Å². The SMILES string of the molecule is CC(C)NC(=O)[C@H](C)N(Cc1cccc(Cl)c1)C(=O)CN(c1cccc([N+](=O)[O-])c1)S(C)(=O)=O. The quantitative estimate of drug-likeness (QED) is 0.386. The number of rotatable bonds is 10. The van der Waals surface area contributed by atoms with Crippen LogP contribution in [0, 0.1) is 10.1 Å². The Morgan fingerprint density at radius 1 is 1.12 bits per heavy atom. The number of nitro groups is 1. The van der Waals surface area contributed by atoms with Crippen molar-refractivity contribution in [1.82, 2.24) is 10.2 Å². The van der Waals surface area contributed by atoms with E-state index in [9.17, 15) is 28.1 Å². The number of anilines is 1. The number of nitro benzene ring substituents is 1. The van der Waals surface area contributed by atoms with Gasteiger partial charge in [0.2, 0.25) is 21.8 Å². The van der Waals surface area contributed by atoms with Gasteiger partial charge in [-0.15, -0.1) is 0 Å². The highest BCUT2D eigenvalue weighted by Crippen LogP contribution is 2.24. The molecule has 34 heavy (non-hydrogen) atoms. The number of hydrogen-bond acceptors (Lipinski definition) is 6. The third-order valence-corrected chi connectivity index (χ3v) is 6.22. The largest absolute Gasteiger partial charge is 0.352 e. The van der Waals surface area contributed by atoms with Gasteiger partial charge in [-0.2, -0.15) is 0 Å². The lowest BCUT2D eigenvalue weighted by Gasteiger charge is -2.31. The molecule has 2 aromatic rings. The lowest BCUT2D eigenvalue weighted by atomic mass is 10.1. The Hall–Kier alpha value is -3.18. The van der Waals surface area contributed by atoms with E-state index in [1.807, 2.05) is 0 Å². The highest BCUT2D eigenvalue weighted by molar-refractivity contribution is 7.92. The zero-order valence-corrected chi connectivity index (χ0v) is 20.8. The van der Waals surface area contributed by atoms with Gasteiger partial charge in [0.15, 0.2) is 0 Å². The van der Waals surface area contributed by atoms with Crippen molar-refractivity contribution >= 4 is 44.8 Å². The van der Waals surface area contributed by atoms with E-state index in [0.29, 0.717) is 10.6 Å². The molecule has 0 fully saturated rings. The molecule has 0 aliphatic rings. The summed E-state index contributed by atoms with van der Waals surface area (Å²) in [6, 6.07) is 10.6. The van der Waals surface area contributed by atoms with Crippen molar-refractivity contribution in [3.05, 3.63) is 69.2 Å². The summed E-state index contributed by atoms with van der Waals surface area (Å²) in [4.78, 5) is 37.8. The van der Waals surface area contributed by atoms with Crippen molar-refractivity contribution in [2.75, 3.05) is 17.1 Å². The highest BCUT2D eigenvalue weighted by atomic mass is 35.5. The van der Waals surface area contributed by atoms with E-state index in [2.05, 4.69) is 5.32 Å². The van der Waals surface area contributed by atoms with Crippen LogP contribution in [0.15, 0.2) is 48.5 Å². The number of sulfonamides is 1. The number of halogens is 1. The van der Waals surface area contributed by atoms with Crippen LogP contribution in [0.4, 0.5) is 11.4 Å². The standard InChI is InChI=1S/C22H27ClN4O6S/c1-15(2)24-22(29)16(3)25(13-17-7-5-8-18(23)11-17)21(28)14-26(34(4,32)33)19-9-6-10-20(12-19)27(30)31/h5-12,15-16H,13-14H2,1-4H3,(H,24,29)/t16-/m0/s1. The smallest absolute Gasteiger partial charge is 0.271 e. The van der Waals surface area contributed by atoms with Gasteiger partial charge >= 0.3 is 0 Å². The Balaban J connectivity index is 2.43. The Labute approximate surface area is 203 Å².